The van der Waals surface area contributed by atoms with E-state index in [1.54, 1.807) is 37.6 Å². The van der Waals surface area contributed by atoms with Crippen LogP contribution >= 0.6 is 34.9 Å². The quantitative estimate of drug-likeness (QED) is 0.155. The van der Waals surface area contributed by atoms with Crippen LogP contribution < -0.4 is 15.5 Å². The van der Waals surface area contributed by atoms with Crippen LogP contribution in [0.15, 0.2) is 28.3 Å². The second kappa shape index (κ2) is 13.8. The third kappa shape index (κ3) is 7.17. The lowest BCUT2D eigenvalue weighted by Gasteiger charge is -2.09. The fourth-order valence-corrected chi connectivity index (χ4v) is 7.42. The van der Waals surface area contributed by atoms with Crippen LogP contribution in [0.4, 0.5) is 5.00 Å². The highest BCUT2D eigenvalue weighted by Gasteiger charge is 2.27. The zero-order valence-corrected chi connectivity index (χ0v) is 23.8. The standard InChI is InChI=1S/C26H30N4O5S3/c1-3-35-25(33)21-18-7-5-4-6-8-20(18)38-24(21)29-22(31)23(32)30-28-14-16-9-10-19(34-2)17(13-16)15-37-26-27-11-12-36-26/h9-10,13-14H,3-8,11-12,15H2,1-2H3,(H,29,31)(H,30,32)/b28-14+. The second-order valence-electron chi connectivity index (χ2n) is 8.50. The van der Waals surface area contributed by atoms with Crippen LogP contribution in [0.5, 0.6) is 5.75 Å². The molecule has 0 spiro atoms. The molecule has 2 N–H and O–H groups in total. The number of methoxy groups -OCH3 is 1. The van der Waals surface area contributed by atoms with Crippen LogP contribution in [-0.2, 0) is 32.9 Å². The third-order valence-corrected chi connectivity index (χ3v) is 9.44. The van der Waals surface area contributed by atoms with E-state index in [1.165, 1.54) is 17.6 Å². The van der Waals surface area contributed by atoms with Gasteiger partial charge in [-0.25, -0.2) is 10.2 Å². The summed E-state index contributed by atoms with van der Waals surface area (Å²) in [6.07, 6.45) is 6.15. The van der Waals surface area contributed by atoms with Crippen LogP contribution in [0, 0.1) is 0 Å². The summed E-state index contributed by atoms with van der Waals surface area (Å²) in [5, 5.41) is 6.91. The average molecular weight is 575 g/mol. The fourth-order valence-electron chi connectivity index (χ4n) is 4.16. The number of anilines is 1. The molecule has 2 aliphatic rings. The number of hydrazone groups is 1. The van der Waals surface area contributed by atoms with E-state index in [0.29, 0.717) is 16.3 Å². The SMILES string of the molecule is CCOC(=O)c1c(NC(=O)C(=O)N/N=C/c2ccc(OC)c(CSC3=NCCS3)c2)sc2c1CCCCC2. The van der Waals surface area contributed by atoms with Crippen LogP contribution in [0.3, 0.4) is 0 Å². The molecule has 0 unspecified atom stereocenters. The van der Waals surface area contributed by atoms with E-state index in [-0.39, 0.29) is 6.61 Å². The molecule has 2 amide bonds. The number of benzene rings is 1. The Bertz CT molecular complexity index is 1260. The Morgan fingerprint density at radius 2 is 2.03 bits per heavy atom. The molecule has 1 aromatic heterocycles. The number of amides is 2. The number of nitrogens with zero attached hydrogens (tertiary/aromatic N) is 2. The van der Waals surface area contributed by atoms with E-state index in [2.05, 4.69) is 20.8 Å². The lowest BCUT2D eigenvalue weighted by atomic mass is 10.1. The van der Waals surface area contributed by atoms with Gasteiger partial charge in [0.2, 0.25) is 0 Å². The van der Waals surface area contributed by atoms with Gasteiger partial charge in [0.15, 0.2) is 0 Å². The van der Waals surface area contributed by atoms with Gasteiger partial charge in [-0.2, -0.15) is 5.10 Å². The number of rotatable bonds is 8. The van der Waals surface area contributed by atoms with E-state index >= 15 is 0 Å². The molecule has 202 valence electrons. The number of carbonyl (C=O) groups excluding carboxylic acids is 3. The number of carbonyl (C=O) groups is 3. The molecule has 12 heteroatoms. The molecule has 0 saturated carbocycles. The van der Waals surface area contributed by atoms with E-state index < -0.39 is 17.8 Å². The summed E-state index contributed by atoms with van der Waals surface area (Å²) in [5.74, 6) is 0.157. The zero-order chi connectivity index (χ0) is 26.9. The predicted octanol–water partition coefficient (Wildman–Crippen LogP) is 4.63. The summed E-state index contributed by atoms with van der Waals surface area (Å²) in [4.78, 5) is 43.3. The first kappa shape index (κ1) is 28.2. The van der Waals surface area contributed by atoms with Crippen molar-refractivity contribution >= 4 is 68.2 Å². The van der Waals surface area contributed by atoms with Gasteiger partial charge in [0, 0.05) is 21.9 Å². The summed E-state index contributed by atoms with van der Waals surface area (Å²) in [6, 6.07) is 5.58. The Morgan fingerprint density at radius 3 is 2.79 bits per heavy atom. The number of thioether (sulfide) groups is 2. The molecule has 0 fully saturated rings. The van der Waals surface area contributed by atoms with Gasteiger partial charge in [0.25, 0.3) is 0 Å². The van der Waals surface area contributed by atoms with E-state index in [0.717, 1.165) is 76.1 Å². The van der Waals surface area contributed by atoms with Crippen molar-refractivity contribution in [2.75, 3.05) is 31.3 Å². The fraction of sp³-hybridized carbons (Fsp3) is 0.423. The molecule has 4 rings (SSSR count). The van der Waals surface area contributed by atoms with E-state index in [1.807, 2.05) is 18.2 Å². The lowest BCUT2D eigenvalue weighted by Crippen LogP contribution is -2.32. The topological polar surface area (TPSA) is 118 Å². The predicted molar refractivity (Wildman–Crippen MR) is 155 cm³/mol. The monoisotopic (exact) mass is 574 g/mol. The maximum Gasteiger partial charge on any atom is 0.341 e. The third-order valence-electron chi connectivity index (χ3n) is 5.93. The molecular formula is C26H30N4O5S3. The Balaban J connectivity index is 1.40. The Labute approximate surface area is 234 Å². The highest BCUT2D eigenvalue weighted by atomic mass is 32.2. The Morgan fingerprint density at radius 1 is 1.18 bits per heavy atom. The summed E-state index contributed by atoms with van der Waals surface area (Å²) in [5.41, 5.74) is 5.28. The van der Waals surface area contributed by atoms with Gasteiger partial charge in [0.1, 0.15) is 15.1 Å². The number of hydrogen-bond donors (Lipinski definition) is 2. The minimum absolute atomic E-state index is 0.228. The number of ether oxygens (including phenoxy) is 2. The minimum Gasteiger partial charge on any atom is -0.496 e. The second-order valence-corrected chi connectivity index (χ2v) is 11.9. The van der Waals surface area contributed by atoms with Gasteiger partial charge in [0.05, 0.1) is 32.0 Å². The molecule has 0 atom stereocenters. The molecule has 1 aliphatic carbocycles. The Kier molecular flexibility index (Phi) is 10.2. The van der Waals surface area contributed by atoms with Crippen LogP contribution in [0.2, 0.25) is 0 Å². The molecule has 0 radical (unpaired) electrons. The molecule has 9 nitrogen and oxygen atoms in total. The highest BCUT2D eigenvalue weighted by Crippen LogP contribution is 2.38. The summed E-state index contributed by atoms with van der Waals surface area (Å²) in [7, 11) is 1.62. The van der Waals surface area contributed by atoms with Gasteiger partial charge in [-0.05, 0) is 61.9 Å². The van der Waals surface area contributed by atoms with Crippen molar-refractivity contribution in [1.29, 1.82) is 0 Å². The van der Waals surface area contributed by atoms with Crippen LogP contribution in [-0.4, -0.2) is 54.4 Å². The number of esters is 1. The molecule has 2 aromatic rings. The normalized spacial score (nSPS) is 14.9. The molecule has 2 heterocycles. The minimum atomic E-state index is -0.930. The van der Waals surface area contributed by atoms with Crippen molar-refractivity contribution in [2.24, 2.45) is 10.1 Å². The number of aliphatic imine (C=N–C) groups is 1. The maximum atomic E-state index is 12.7. The number of nitrogens with one attached hydrogen (secondary N) is 2. The highest BCUT2D eigenvalue weighted by molar-refractivity contribution is 8.38. The van der Waals surface area contributed by atoms with Crippen molar-refractivity contribution in [1.82, 2.24) is 5.43 Å². The van der Waals surface area contributed by atoms with Gasteiger partial charge < -0.3 is 14.8 Å². The zero-order valence-electron chi connectivity index (χ0n) is 21.3. The lowest BCUT2D eigenvalue weighted by molar-refractivity contribution is -0.136. The van der Waals surface area contributed by atoms with Crippen molar-refractivity contribution in [3.8, 4) is 5.75 Å². The van der Waals surface area contributed by atoms with Crippen molar-refractivity contribution in [2.45, 2.75) is 44.8 Å². The Hall–Kier alpha value is -2.83. The van der Waals surface area contributed by atoms with Crippen molar-refractivity contribution in [3.05, 3.63) is 45.3 Å². The van der Waals surface area contributed by atoms with Crippen LogP contribution in [0.1, 0.15) is 58.1 Å². The molecule has 1 aliphatic heterocycles. The first-order valence-electron chi connectivity index (χ1n) is 12.4. The van der Waals surface area contributed by atoms with E-state index in [4.69, 9.17) is 9.47 Å². The maximum absolute atomic E-state index is 12.7. The van der Waals surface area contributed by atoms with Gasteiger partial charge in [-0.3, -0.25) is 14.6 Å². The molecule has 38 heavy (non-hydrogen) atoms. The van der Waals surface area contributed by atoms with Gasteiger partial charge in [-0.15, -0.1) is 11.3 Å². The number of aryl methyl sites for hydroxylation is 1. The van der Waals surface area contributed by atoms with E-state index in [9.17, 15) is 14.4 Å². The van der Waals surface area contributed by atoms with Crippen LogP contribution in [0.25, 0.3) is 0 Å². The molecular weight excluding hydrogens is 545 g/mol. The van der Waals surface area contributed by atoms with Crippen molar-refractivity contribution in [3.63, 3.8) is 0 Å². The summed E-state index contributed by atoms with van der Waals surface area (Å²) < 4.78 is 11.8. The smallest absolute Gasteiger partial charge is 0.341 e. The average Bonchev–Trinajstić information content (AvgIpc) is 3.49. The van der Waals surface area contributed by atoms with Crippen molar-refractivity contribution < 1.29 is 23.9 Å². The molecule has 1 aromatic carbocycles. The summed E-state index contributed by atoms with van der Waals surface area (Å²) >= 11 is 4.75. The number of fused-ring (bicyclic) bond motifs is 1. The number of hydrogen-bond acceptors (Lipinski definition) is 10. The first-order chi connectivity index (χ1) is 18.5. The molecule has 0 bridgehead atoms. The van der Waals surface area contributed by atoms with Gasteiger partial charge >= 0.3 is 17.8 Å². The number of thiophene rings is 1. The first-order valence-corrected chi connectivity index (χ1v) is 15.2. The molecule has 0 saturated heterocycles. The summed E-state index contributed by atoms with van der Waals surface area (Å²) in [6.45, 7) is 2.81. The largest absolute Gasteiger partial charge is 0.496 e. The van der Waals surface area contributed by atoms with Gasteiger partial charge in [-0.1, -0.05) is 29.9 Å².